The molecule has 0 heterocycles. The third-order valence-corrected chi connectivity index (χ3v) is 5.41. The first-order valence-electron chi connectivity index (χ1n) is 8.68. The molecule has 0 saturated heterocycles. The fourth-order valence-electron chi connectivity index (χ4n) is 2.92. The average Bonchev–Trinajstić information content (AvgIpc) is 2.73. The van der Waals surface area contributed by atoms with Crippen LogP contribution in [0, 0.1) is 19.1 Å². The third-order valence-electron chi connectivity index (χ3n) is 4.16. The second kappa shape index (κ2) is 13.0. The fraction of sp³-hybridized carbons (Fsp3) is 0.136. The Morgan fingerprint density at radius 2 is 1.32 bits per heavy atom. The van der Waals surface area contributed by atoms with Crippen LogP contribution in [0.2, 0.25) is 0 Å². The Bertz CT molecular complexity index is 1020. The summed E-state index contributed by atoms with van der Waals surface area (Å²) in [6, 6.07) is 18.1. The topological polar surface area (TPSA) is 72.0 Å². The molecule has 0 amide bonds. The van der Waals surface area contributed by atoms with Crippen LogP contribution in [0.25, 0.3) is 10.5 Å². The number of nitrogens with zero attached hydrogens (tertiary/aromatic N) is 1. The SMILES string of the molecule is [CH3-].[Cl][Ru+3].[NH-]C(c1ccccc1)C([N-]S(=O)(=O)Cc1cc(F)cc(F)c1)c1ccccc1. The van der Waals surface area contributed by atoms with Gasteiger partial charge in [-0.2, -0.15) is 0 Å². The Hall–Kier alpha value is -1.70. The molecule has 3 aromatic carbocycles. The van der Waals surface area contributed by atoms with Gasteiger partial charge in [0.15, 0.2) is 0 Å². The predicted molar refractivity (Wildman–Crippen MR) is 117 cm³/mol. The molecular weight excluding hydrogens is 531 g/mol. The van der Waals surface area contributed by atoms with Crippen LogP contribution in [-0.4, -0.2) is 8.42 Å². The fourth-order valence-corrected chi connectivity index (χ4v) is 4.17. The van der Waals surface area contributed by atoms with E-state index < -0.39 is 39.5 Å². The van der Waals surface area contributed by atoms with Crippen LogP contribution in [-0.2, 0) is 33.1 Å². The van der Waals surface area contributed by atoms with Crippen molar-refractivity contribution in [3.05, 3.63) is 125 Å². The number of rotatable bonds is 7. The van der Waals surface area contributed by atoms with Gasteiger partial charge < -0.3 is 17.9 Å². The van der Waals surface area contributed by atoms with Crippen molar-refractivity contribution < 1.29 is 34.5 Å². The van der Waals surface area contributed by atoms with Crippen LogP contribution in [0.3, 0.4) is 0 Å². The van der Waals surface area contributed by atoms with Gasteiger partial charge >= 0.3 is 27.0 Å². The summed E-state index contributed by atoms with van der Waals surface area (Å²) in [6.45, 7) is 0. The van der Waals surface area contributed by atoms with E-state index in [1.54, 1.807) is 60.7 Å². The molecule has 9 heteroatoms. The minimum atomic E-state index is -4.10. The molecule has 0 aromatic heterocycles. The maximum atomic E-state index is 13.4. The monoisotopic (exact) mass is 552 g/mol. The molecule has 3 aromatic rings. The molecule has 3 rings (SSSR count). The van der Waals surface area contributed by atoms with Crippen LogP contribution in [0.5, 0.6) is 0 Å². The number of nitrogens with one attached hydrogen (secondary N) is 1. The molecule has 0 radical (unpaired) electrons. The summed E-state index contributed by atoms with van der Waals surface area (Å²) in [5.41, 5.74) is 9.71. The summed E-state index contributed by atoms with van der Waals surface area (Å²) >= 11 is 1.82. The number of sulfonamides is 1. The normalized spacial score (nSPS) is 12.6. The molecule has 2 atom stereocenters. The third kappa shape index (κ3) is 8.39. The summed E-state index contributed by atoms with van der Waals surface area (Å²) in [4.78, 5) is 0. The first kappa shape index (κ1) is 27.3. The first-order chi connectivity index (χ1) is 14.3. The van der Waals surface area contributed by atoms with Crippen LogP contribution >= 0.6 is 9.69 Å². The van der Waals surface area contributed by atoms with Gasteiger partial charge in [0.1, 0.15) is 11.6 Å². The maximum Gasteiger partial charge on any atom is 0.126 e. The zero-order valence-corrected chi connectivity index (χ0v) is 19.8. The molecule has 166 valence electrons. The molecule has 0 spiro atoms. The Morgan fingerprint density at radius 1 is 0.871 bits per heavy atom. The molecule has 0 fully saturated rings. The Labute approximate surface area is 196 Å². The van der Waals surface area contributed by atoms with Crippen molar-refractivity contribution in [1.82, 2.24) is 0 Å². The summed E-state index contributed by atoms with van der Waals surface area (Å²) < 4.78 is 56.0. The molecule has 0 saturated carbocycles. The molecule has 0 bridgehead atoms. The van der Waals surface area contributed by atoms with E-state index in [1.807, 2.05) is 17.3 Å². The maximum absolute atomic E-state index is 13.4. The van der Waals surface area contributed by atoms with Gasteiger partial charge in [-0.25, -0.2) is 17.2 Å². The standard InChI is InChI=1S/C21H18F2N2O2S.CH3.ClH.Ru/c22-18-11-15(12-19(23)13-18)14-28(26,27)25-21(17-9-5-2-6-10-17)20(24)16-7-3-1-4-8-16;;;/h1-13,20-21,24H,14H2;1H3;1H;/q-2;-1;;+4/p-1. The van der Waals surface area contributed by atoms with Gasteiger partial charge in [0.05, 0.1) is 15.8 Å². The Balaban J connectivity index is 0.00000156. The predicted octanol–water partition coefficient (Wildman–Crippen LogP) is 6.84. The summed E-state index contributed by atoms with van der Waals surface area (Å²) in [5, 5.41) is 0. The van der Waals surface area contributed by atoms with Gasteiger partial charge in [0, 0.05) is 6.07 Å². The number of hydrogen-bond acceptors (Lipinski definition) is 2. The Morgan fingerprint density at radius 3 is 1.81 bits per heavy atom. The van der Waals surface area contributed by atoms with Gasteiger partial charge in [-0.15, -0.1) is 12.1 Å². The average molecular weight is 552 g/mol. The smallest absolute Gasteiger partial charge is 0.126 e. The summed E-state index contributed by atoms with van der Waals surface area (Å²) in [6.07, 6.45) is 0. The van der Waals surface area contributed by atoms with Crippen molar-refractivity contribution in [2.24, 2.45) is 0 Å². The quantitative estimate of drug-likeness (QED) is 0.238. The van der Waals surface area contributed by atoms with E-state index in [0.29, 0.717) is 17.2 Å². The van der Waals surface area contributed by atoms with Crippen LogP contribution in [0.1, 0.15) is 28.8 Å². The summed E-state index contributed by atoms with van der Waals surface area (Å²) in [7, 11) is 0.472. The zero-order chi connectivity index (χ0) is 22.1. The van der Waals surface area contributed by atoms with Crippen LogP contribution in [0.15, 0.2) is 78.9 Å². The van der Waals surface area contributed by atoms with Crippen molar-refractivity contribution in [3.63, 3.8) is 0 Å². The zero-order valence-electron chi connectivity index (χ0n) is 16.5. The molecule has 1 N–H and O–H groups in total. The van der Waals surface area contributed by atoms with Gasteiger partial charge in [-0.1, -0.05) is 71.8 Å². The minimum absolute atomic E-state index is 0. The van der Waals surface area contributed by atoms with Crippen molar-refractivity contribution >= 4 is 19.7 Å². The van der Waals surface area contributed by atoms with Crippen molar-refractivity contribution in [1.29, 1.82) is 0 Å². The minimum Gasteiger partial charge on any atom is -0.672 e. The number of hydrogen-bond donors (Lipinski definition) is 0. The van der Waals surface area contributed by atoms with Crippen LogP contribution < -0.4 is 0 Å². The second-order valence-electron chi connectivity index (χ2n) is 6.35. The molecule has 2 unspecified atom stereocenters. The van der Waals surface area contributed by atoms with Crippen molar-refractivity contribution in [3.8, 4) is 0 Å². The summed E-state index contributed by atoms with van der Waals surface area (Å²) in [5.74, 6) is -2.35. The van der Waals surface area contributed by atoms with Crippen molar-refractivity contribution in [2.75, 3.05) is 0 Å². The van der Waals surface area contributed by atoms with E-state index in [1.165, 1.54) is 0 Å². The van der Waals surface area contributed by atoms with Gasteiger partial charge in [-0.3, -0.25) is 0 Å². The molecule has 31 heavy (non-hydrogen) atoms. The molecule has 0 aliphatic rings. The van der Waals surface area contributed by atoms with Gasteiger partial charge in [-0.05, 0) is 17.7 Å². The van der Waals surface area contributed by atoms with E-state index in [9.17, 15) is 17.2 Å². The molecular formula is C22H21ClF2N2O2RuS. The largest absolute Gasteiger partial charge is 0.672 e. The van der Waals surface area contributed by atoms with E-state index in [4.69, 9.17) is 5.73 Å². The molecule has 0 aliphatic heterocycles. The molecule has 4 nitrogen and oxygen atoms in total. The van der Waals surface area contributed by atoms with Gasteiger partial charge in [0.2, 0.25) is 0 Å². The van der Waals surface area contributed by atoms with Crippen molar-refractivity contribution in [2.45, 2.75) is 17.8 Å². The second-order valence-corrected chi connectivity index (χ2v) is 8.02. The number of benzene rings is 3. The van der Waals surface area contributed by atoms with E-state index in [2.05, 4.69) is 14.4 Å². The molecule has 0 aliphatic carbocycles. The van der Waals surface area contributed by atoms with E-state index >= 15 is 0 Å². The Kier molecular flexibility index (Phi) is 11.5. The van der Waals surface area contributed by atoms with E-state index in [-0.39, 0.29) is 13.0 Å². The van der Waals surface area contributed by atoms with Gasteiger partial charge in [0.25, 0.3) is 0 Å². The van der Waals surface area contributed by atoms with Crippen LogP contribution in [0.4, 0.5) is 8.78 Å². The number of halogens is 3. The van der Waals surface area contributed by atoms with E-state index in [0.717, 1.165) is 12.1 Å². The first-order valence-corrected chi connectivity index (χ1v) is 12.5.